The van der Waals surface area contributed by atoms with E-state index in [1.54, 1.807) is 18.2 Å². The van der Waals surface area contributed by atoms with Gasteiger partial charge in [0.2, 0.25) is 9.05 Å². The zero-order chi connectivity index (χ0) is 11.1. The molecule has 2 rings (SSSR count). The Bertz CT molecular complexity index is 605. The number of hydrogen-bond donors (Lipinski definition) is 0. The van der Waals surface area contributed by atoms with Gasteiger partial charge in [-0.1, -0.05) is 16.8 Å². The second kappa shape index (κ2) is 3.66. The van der Waals surface area contributed by atoms with Gasteiger partial charge in [-0.15, -0.1) is 0 Å². The van der Waals surface area contributed by atoms with Gasteiger partial charge < -0.3 is 4.52 Å². The lowest BCUT2D eigenvalue weighted by Gasteiger charge is -1.92. The summed E-state index contributed by atoms with van der Waals surface area (Å²) in [7, 11) is 1.46. The molecule has 4 nitrogen and oxygen atoms in total. The Balaban J connectivity index is 2.57. The van der Waals surface area contributed by atoms with Crippen LogP contribution in [0.3, 0.4) is 0 Å². The number of fused-ring (bicyclic) bond motifs is 1. The molecule has 0 spiro atoms. The molecule has 0 unspecified atom stereocenters. The first-order valence-electron chi connectivity index (χ1n) is 3.92. The molecule has 0 N–H and O–H groups in total. The summed E-state index contributed by atoms with van der Waals surface area (Å²) in [5.41, 5.74) is 0.551. The van der Waals surface area contributed by atoms with Gasteiger partial charge in [0, 0.05) is 21.1 Å². The minimum atomic E-state index is -3.66. The highest BCUT2D eigenvalue weighted by molar-refractivity contribution is 8.13. The molecule has 0 bridgehead atoms. The monoisotopic (exact) mass is 265 g/mol. The van der Waals surface area contributed by atoms with E-state index in [0.29, 0.717) is 15.9 Å². The fourth-order valence-electron chi connectivity index (χ4n) is 1.23. The van der Waals surface area contributed by atoms with Crippen LogP contribution in [0, 0.1) is 0 Å². The molecular weight excluding hydrogens is 261 g/mol. The van der Waals surface area contributed by atoms with Gasteiger partial charge in [0.05, 0.1) is 0 Å². The molecule has 0 radical (unpaired) electrons. The first kappa shape index (κ1) is 10.7. The summed E-state index contributed by atoms with van der Waals surface area (Å²) in [5.74, 6) is -0.201. The third-order valence-electron chi connectivity index (χ3n) is 1.82. The van der Waals surface area contributed by atoms with E-state index in [-0.39, 0.29) is 5.76 Å². The first-order valence-corrected chi connectivity index (χ1v) is 6.77. The predicted octanol–water partition coefficient (Wildman–Crippen LogP) is 2.55. The minimum absolute atomic E-state index is 0.197. The summed E-state index contributed by atoms with van der Waals surface area (Å²) in [6.45, 7) is 0. The molecule has 0 fully saturated rings. The number of halogens is 2. The van der Waals surface area contributed by atoms with Gasteiger partial charge in [0.15, 0.2) is 5.76 Å². The molecule has 1 aromatic carbocycles. The fraction of sp³-hybridized carbons (Fsp3) is 0.125. The van der Waals surface area contributed by atoms with Crippen molar-refractivity contribution in [1.82, 2.24) is 5.16 Å². The predicted molar refractivity (Wildman–Crippen MR) is 57.5 cm³/mol. The highest BCUT2D eigenvalue weighted by atomic mass is 35.7. The van der Waals surface area contributed by atoms with Crippen molar-refractivity contribution >= 4 is 42.2 Å². The lowest BCUT2D eigenvalue weighted by atomic mass is 10.2. The van der Waals surface area contributed by atoms with Crippen LogP contribution in [0.2, 0.25) is 5.02 Å². The highest BCUT2D eigenvalue weighted by Gasteiger charge is 2.15. The van der Waals surface area contributed by atoms with Crippen LogP contribution in [0.1, 0.15) is 5.76 Å². The van der Waals surface area contributed by atoms with Gasteiger partial charge in [-0.25, -0.2) is 8.42 Å². The summed E-state index contributed by atoms with van der Waals surface area (Å²) in [6, 6.07) is 4.88. The average molecular weight is 266 g/mol. The zero-order valence-electron chi connectivity index (χ0n) is 7.28. The van der Waals surface area contributed by atoms with Gasteiger partial charge in [-0.3, -0.25) is 0 Å². The van der Waals surface area contributed by atoms with Crippen molar-refractivity contribution in [1.29, 1.82) is 0 Å². The Kier molecular flexibility index (Phi) is 2.62. The van der Waals surface area contributed by atoms with E-state index in [1.165, 1.54) is 0 Å². The van der Waals surface area contributed by atoms with Gasteiger partial charge in [-0.2, -0.15) is 0 Å². The van der Waals surface area contributed by atoms with Gasteiger partial charge in [-0.05, 0) is 18.2 Å². The number of rotatable bonds is 2. The summed E-state index contributed by atoms with van der Waals surface area (Å²) >= 11 is 5.77. The molecule has 0 aliphatic carbocycles. The Morgan fingerprint density at radius 2 is 2.13 bits per heavy atom. The third-order valence-corrected chi connectivity index (χ3v) is 2.99. The molecular formula is C8H5Cl2NO3S. The van der Waals surface area contributed by atoms with E-state index < -0.39 is 14.8 Å². The van der Waals surface area contributed by atoms with Crippen LogP contribution in [-0.4, -0.2) is 13.6 Å². The summed E-state index contributed by atoms with van der Waals surface area (Å²) in [6.07, 6.45) is 0. The van der Waals surface area contributed by atoms with E-state index in [9.17, 15) is 8.42 Å². The lowest BCUT2D eigenvalue weighted by molar-refractivity contribution is 0.401. The number of benzene rings is 1. The molecule has 2 aromatic rings. The van der Waals surface area contributed by atoms with Crippen LogP contribution < -0.4 is 0 Å². The Hall–Kier alpha value is -0.780. The molecule has 0 atom stereocenters. The van der Waals surface area contributed by atoms with E-state index in [1.807, 2.05) is 0 Å². The summed E-state index contributed by atoms with van der Waals surface area (Å²) in [5, 5.41) is 4.73. The second-order valence-corrected chi connectivity index (χ2v) is 6.16. The second-order valence-electron chi connectivity index (χ2n) is 2.95. The van der Waals surface area contributed by atoms with E-state index in [4.69, 9.17) is 26.8 Å². The number of aromatic nitrogens is 1. The van der Waals surface area contributed by atoms with Crippen molar-refractivity contribution in [2.75, 3.05) is 0 Å². The Morgan fingerprint density at radius 1 is 1.40 bits per heavy atom. The van der Waals surface area contributed by atoms with Crippen LogP contribution in [0.15, 0.2) is 22.7 Å². The fourth-order valence-corrected chi connectivity index (χ4v) is 2.22. The van der Waals surface area contributed by atoms with Gasteiger partial charge >= 0.3 is 0 Å². The molecule has 0 saturated carbocycles. The maximum atomic E-state index is 10.9. The molecule has 7 heteroatoms. The SMILES string of the molecule is O=S(=O)(Cl)Cc1onc2ccc(Cl)cc12. The quantitative estimate of drug-likeness (QED) is 0.784. The van der Waals surface area contributed by atoms with Gasteiger partial charge in [0.25, 0.3) is 0 Å². The number of nitrogens with zero attached hydrogens (tertiary/aromatic N) is 1. The van der Waals surface area contributed by atoms with Crippen LogP contribution in [0.4, 0.5) is 0 Å². The molecule has 0 aliphatic heterocycles. The largest absolute Gasteiger partial charge is 0.359 e. The average Bonchev–Trinajstić information content (AvgIpc) is 2.46. The molecule has 15 heavy (non-hydrogen) atoms. The first-order chi connectivity index (χ1) is 6.96. The molecule has 0 saturated heterocycles. The Labute approximate surface area is 95.2 Å². The van der Waals surface area contributed by atoms with Crippen LogP contribution in [0.25, 0.3) is 10.9 Å². The highest BCUT2D eigenvalue weighted by Crippen LogP contribution is 2.24. The minimum Gasteiger partial charge on any atom is -0.359 e. The normalized spacial score (nSPS) is 12.1. The van der Waals surface area contributed by atoms with Crippen LogP contribution in [0.5, 0.6) is 0 Å². The van der Waals surface area contributed by atoms with Crippen molar-refractivity contribution < 1.29 is 12.9 Å². The standard InChI is InChI=1S/C8H5Cl2NO3S/c9-5-1-2-7-6(3-5)8(14-11-7)4-15(10,12)13/h1-3H,4H2. The third kappa shape index (κ3) is 2.42. The van der Waals surface area contributed by atoms with Gasteiger partial charge in [0.1, 0.15) is 11.3 Å². The van der Waals surface area contributed by atoms with Crippen molar-refractivity contribution in [3.8, 4) is 0 Å². The zero-order valence-corrected chi connectivity index (χ0v) is 9.60. The van der Waals surface area contributed by atoms with E-state index in [2.05, 4.69) is 5.16 Å². The van der Waals surface area contributed by atoms with E-state index in [0.717, 1.165) is 0 Å². The van der Waals surface area contributed by atoms with E-state index >= 15 is 0 Å². The van der Waals surface area contributed by atoms with Crippen molar-refractivity contribution in [2.45, 2.75) is 5.75 Å². The Morgan fingerprint density at radius 3 is 2.80 bits per heavy atom. The van der Waals surface area contributed by atoms with Crippen LogP contribution >= 0.6 is 22.3 Å². The van der Waals surface area contributed by atoms with Crippen molar-refractivity contribution in [3.05, 3.63) is 29.0 Å². The smallest absolute Gasteiger partial charge is 0.240 e. The van der Waals surface area contributed by atoms with Crippen LogP contribution in [-0.2, 0) is 14.8 Å². The molecule has 1 heterocycles. The maximum Gasteiger partial charge on any atom is 0.240 e. The number of hydrogen-bond acceptors (Lipinski definition) is 4. The summed E-state index contributed by atoms with van der Waals surface area (Å²) in [4.78, 5) is 0. The maximum absolute atomic E-state index is 10.9. The molecule has 1 aromatic heterocycles. The summed E-state index contributed by atoms with van der Waals surface area (Å²) < 4.78 is 26.6. The molecule has 80 valence electrons. The lowest BCUT2D eigenvalue weighted by Crippen LogP contribution is -1.93. The molecule has 0 aliphatic rings. The van der Waals surface area contributed by atoms with Crippen molar-refractivity contribution in [3.63, 3.8) is 0 Å². The topological polar surface area (TPSA) is 60.2 Å². The van der Waals surface area contributed by atoms with Crippen molar-refractivity contribution in [2.24, 2.45) is 0 Å². The molecule has 0 amide bonds.